The SMILES string of the molecule is CC12CCC(C)(O1)c1c(O)[nH]c(O)c12. The van der Waals surface area contributed by atoms with Crippen molar-refractivity contribution in [2.75, 3.05) is 0 Å². The van der Waals surface area contributed by atoms with Crippen molar-refractivity contribution in [3.63, 3.8) is 0 Å². The molecule has 4 heteroatoms. The lowest BCUT2D eigenvalue weighted by atomic mass is 9.80. The summed E-state index contributed by atoms with van der Waals surface area (Å²) in [7, 11) is 0. The summed E-state index contributed by atoms with van der Waals surface area (Å²) in [4.78, 5) is 2.56. The zero-order valence-corrected chi connectivity index (χ0v) is 8.22. The zero-order valence-electron chi connectivity index (χ0n) is 8.22. The summed E-state index contributed by atoms with van der Waals surface area (Å²) in [5.74, 6) is 0.0897. The fraction of sp³-hybridized carbons (Fsp3) is 0.600. The van der Waals surface area contributed by atoms with Crippen molar-refractivity contribution in [1.82, 2.24) is 4.98 Å². The Morgan fingerprint density at radius 1 is 1.07 bits per heavy atom. The summed E-state index contributed by atoms with van der Waals surface area (Å²) >= 11 is 0. The van der Waals surface area contributed by atoms with E-state index < -0.39 is 11.2 Å². The van der Waals surface area contributed by atoms with Crippen LogP contribution in [0, 0.1) is 0 Å². The number of hydrogen-bond donors (Lipinski definition) is 3. The fourth-order valence-corrected chi connectivity index (χ4v) is 2.93. The Balaban J connectivity index is 2.36. The van der Waals surface area contributed by atoms with E-state index in [-0.39, 0.29) is 11.8 Å². The van der Waals surface area contributed by atoms with Crippen LogP contribution in [0.1, 0.15) is 37.8 Å². The largest absolute Gasteiger partial charge is 0.494 e. The van der Waals surface area contributed by atoms with Crippen LogP contribution in [0.15, 0.2) is 0 Å². The third-order valence-electron chi connectivity index (χ3n) is 3.55. The summed E-state index contributed by atoms with van der Waals surface area (Å²) in [6.07, 6.45) is 1.78. The number of hydrogen-bond acceptors (Lipinski definition) is 3. The molecule has 4 nitrogen and oxygen atoms in total. The van der Waals surface area contributed by atoms with E-state index in [9.17, 15) is 10.2 Å². The maximum Gasteiger partial charge on any atom is 0.197 e. The number of aromatic nitrogens is 1. The molecule has 0 aliphatic carbocycles. The minimum absolute atomic E-state index is 0.0448. The summed E-state index contributed by atoms with van der Waals surface area (Å²) < 4.78 is 5.88. The molecule has 2 unspecified atom stereocenters. The second kappa shape index (κ2) is 1.93. The summed E-state index contributed by atoms with van der Waals surface area (Å²) in [6, 6.07) is 0. The van der Waals surface area contributed by atoms with E-state index in [2.05, 4.69) is 4.98 Å². The minimum atomic E-state index is -0.425. The van der Waals surface area contributed by atoms with Gasteiger partial charge in [0.05, 0.1) is 22.3 Å². The van der Waals surface area contributed by atoms with Gasteiger partial charge in [0.1, 0.15) is 0 Å². The monoisotopic (exact) mass is 195 g/mol. The summed E-state index contributed by atoms with van der Waals surface area (Å²) in [6.45, 7) is 3.91. The Kier molecular flexibility index (Phi) is 1.13. The molecule has 2 aliphatic rings. The quantitative estimate of drug-likeness (QED) is 0.590. The van der Waals surface area contributed by atoms with Crippen molar-refractivity contribution in [3.8, 4) is 11.8 Å². The lowest BCUT2D eigenvalue weighted by Gasteiger charge is -2.18. The van der Waals surface area contributed by atoms with Crippen molar-refractivity contribution in [2.45, 2.75) is 37.9 Å². The average molecular weight is 195 g/mol. The van der Waals surface area contributed by atoms with Gasteiger partial charge in [-0.1, -0.05) is 0 Å². The zero-order chi connectivity index (χ0) is 10.1. The molecule has 1 saturated heterocycles. The van der Waals surface area contributed by atoms with Crippen LogP contribution in [-0.4, -0.2) is 15.2 Å². The number of aromatic amines is 1. The Hall–Kier alpha value is -1.16. The van der Waals surface area contributed by atoms with Crippen LogP contribution in [0.5, 0.6) is 11.8 Å². The second-order valence-corrected chi connectivity index (χ2v) is 4.64. The maximum atomic E-state index is 9.66. The number of H-pyrrole nitrogens is 1. The Labute approximate surface area is 81.5 Å². The lowest BCUT2D eigenvalue weighted by molar-refractivity contribution is -0.0681. The van der Waals surface area contributed by atoms with Crippen LogP contribution in [-0.2, 0) is 15.9 Å². The minimum Gasteiger partial charge on any atom is -0.494 e. The molecule has 0 radical (unpaired) electrons. The van der Waals surface area contributed by atoms with Gasteiger partial charge < -0.3 is 14.9 Å². The molecule has 3 rings (SSSR count). The summed E-state index contributed by atoms with van der Waals surface area (Å²) in [5.41, 5.74) is 0.629. The molecule has 0 amide bonds. The van der Waals surface area contributed by atoms with Gasteiger partial charge in [-0.2, -0.15) is 0 Å². The molecule has 1 aromatic heterocycles. The van der Waals surface area contributed by atoms with Gasteiger partial charge in [-0.05, 0) is 26.7 Å². The first kappa shape index (κ1) is 8.17. The van der Waals surface area contributed by atoms with Gasteiger partial charge >= 0.3 is 0 Å². The first-order valence-electron chi connectivity index (χ1n) is 4.81. The normalized spacial score (nSPS) is 39.0. The van der Waals surface area contributed by atoms with Gasteiger partial charge in [0, 0.05) is 0 Å². The summed E-state index contributed by atoms with van der Waals surface area (Å²) in [5, 5.41) is 19.3. The number of nitrogens with one attached hydrogen (secondary N) is 1. The molecule has 3 heterocycles. The molecule has 0 spiro atoms. The van der Waals surface area contributed by atoms with E-state index in [0.29, 0.717) is 0 Å². The van der Waals surface area contributed by atoms with Crippen LogP contribution in [0.25, 0.3) is 0 Å². The Morgan fingerprint density at radius 3 is 1.93 bits per heavy atom. The van der Waals surface area contributed by atoms with E-state index in [4.69, 9.17) is 4.74 Å². The standard InChI is InChI=1S/C10H13NO3/c1-9-3-4-10(2,14-9)6-5(9)7(12)11-8(6)13/h11-13H,3-4H2,1-2H3. The van der Waals surface area contributed by atoms with Crippen molar-refractivity contribution in [1.29, 1.82) is 0 Å². The Morgan fingerprint density at radius 2 is 1.50 bits per heavy atom. The lowest BCUT2D eigenvalue weighted by Crippen LogP contribution is -2.16. The Bertz CT molecular complexity index is 389. The van der Waals surface area contributed by atoms with E-state index in [1.165, 1.54) is 0 Å². The number of aromatic hydroxyl groups is 2. The van der Waals surface area contributed by atoms with E-state index in [0.717, 1.165) is 24.0 Å². The highest BCUT2D eigenvalue weighted by molar-refractivity contribution is 5.54. The fourth-order valence-electron chi connectivity index (χ4n) is 2.93. The van der Waals surface area contributed by atoms with Crippen molar-refractivity contribution >= 4 is 0 Å². The molecule has 14 heavy (non-hydrogen) atoms. The first-order valence-corrected chi connectivity index (χ1v) is 4.81. The van der Waals surface area contributed by atoms with Crippen molar-refractivity contribution in [2.24, 2.45) is 0 Å². The van der Waals surface area contributed by atoms with Crippen LogP contribution in [0.2, 0.25) is 0 Å². The van der Waals surface area contributed by atoms with Crippen LogP contribution < -0.4 is 0 Å². The first-order chi connectivity index (χ1) is 6.46. The topological polar surface area (TPSA) is 65.5 Å². The number of rotatable bonds is 0. The predicted octanol–water partition coefficient (Wildman–Crippen LogP) is 1.68. The van der Waals surface area contributed by atoms with Gasteiger partial charge in [-0.15, -0.1) is 0 Å². The van der Waals surface area contributed by atoms with Crippen LogP contribution in [0.4, 0.5) is 0 Å². The molecular weight excluding hydrogens is 182 g/mol. The van der Waals surface area contributed by atoms with E-state index in [1.54, 1.807) is 0 Å². The molecule has 3 N–H and O–H groups in total. The smallest absolute Gasteiger partial charge is 0.197 e. The van der Waals surface area contributed by atoms with Crippen LogP contribution in [0.3, 0.4) is 0 Å². The molecular formula is C10H13NO3. The van der Waals surface area contributed by atoms with Gasteiger partial charge in [-0.3, -0.25) is 4.98 Å². The molecule has 1 fully saturated rings. The number of ether oxygens (including phenoxy) is 1. The van der Waals surface area contributed by atoms with Crippen molar-refractivity contribution < 1.29 is 14.9 Å². The van der Waals surface area contributed by atoms with Crippen molar-refractivity contribution in [3.05, 3.63) is 11.1 Å². The molecule has 1 aromatic rings. The van der Waals surface area contributed by atoms with Gasteiger partial charge in [-0.25, -0.2) is 0 Å². The molecule has 0 saturated carbocycles. The highest BCUT2D eigenvalue weighted by atomic mass is 16.5. The van der Waals surface area contributed by atoms with E-state index >= 15 is 0 Å². The third kappa shape index (κ3) is 0.661. The molecule has 2 aliphatic heterocycles. The number of fused-ring (bicyclic) bond motifs is 5. The molecule has 2 atom stereocenters. The maximum absolute atomic E-state index is 9.66. The van der Waals surface area contributed by atoms with Gasteiger partial charge in [0.15, 0.2) is 11.8 Å². The predicted molar refractivity (Wildman–Crippen MR) is 49.1 cm³/mol. The highest BCUT2D eigenvalue weighted by Crippen LogP contribution is 2.62. The average Bonchev–Trinajstić information content (AvgIpc) is 2.60. The van der Waals surface area contributed by atoms with E-state index in [1.807, 2.05) is 13.8 Å². The molecule has 0 aromatic carbocycles. The molecule has 76 valence electrons. The second-order valence-electron chi connectivity index (χ2n) is 4.64. The van der Waals surface area contributed by atoms with Crippen LogP contribution >= 0.6 is 0 Å². The van der Waals surface area contributed by atoms with Gasteiger partial charge in [0.25, 0.3) is 0 Å². The third-order valence-corrected chi connectivity index (χ3v) is 3.55. The molecule has 2 bridgehead atoms. The highest BCUT2D eigenvalue weighted by Gasteiger charge is 2.58. The van der Waals surface area contributed by atoms with Gasteiger partial charge in [0.2, 0.25) is 0 Å².